The van der Waals surface area contributed by atoms with Gasteiger partial charge in [0, 0.05) is 6.07 Å². The summed E-state index contributed by atoms with van der Waals surface area (Å²) in [5.74, 6) is -0.0240. The van der Waals surface area contributed by atoms with Crippen LogP contribution in [0.25, 0.3) is 11.1 Å². The van der Waals surface area contributed by atoms with Crippen molar-refractivity contribution in [2.24, 2.45) is 0 Å². The van der Waals surface area contributed by atoms with Crippen molar-refractivity contribution >= 4 is 23.4 Å². The zero-order valence-electron chi connectivity index (χ0n) is 13.7. The molecule has 0 radical (unpaired) electrons. The average Bonchev–Trinajstić information content (AvgIpc) is 2.68. The molecule has 3 aromatic carbocycles. The molecule has 0 aromatic heterocycles. The number of carbonyl (C=O) groups excluding carboxylic acids is 1. The number of thioether (sulfide) groups is 1. The van der Waals surface area contributed by atoms with E-state index in [4.69, 9.17) is 4.74 Å². The van der Waals surface area contributed by atoms with Crippen molar-refractivity contribution in [2.75, 3.05) is 5.75 Å². The first kappa shape index (κ1) is 17.7. The maximum absolute atomic E-state index is 12.0. The van der Waals surface area contributed by atoms with Crippen LogP contribution in [0.1, 0.15) is 0 Å². The summed E-state index contributed by atoms with van der Waals surface area (Å²) < 4.78 is 5.30. The predicted octanol–water partition coefficient (Wildman–Crippen LogP) is 4.96. The van der Waals surface area contributed by atoms with Gasteiger partial charge in [0.2, 0.25) is 0 Å². The van der Waals surface area contributed by atoms with Crippen molar-refractivity contribution < 1.29 is 14.5 Å². The van der Waals surface area contributed by atoms with Gasteiger partial charge in [0.25, 0.3) is 5.69 Å². The van der Waals surface area contributed by atoms with E-state index in [0.29, 0.717) is 10.6 Å². The lowest BCUT2D eigenvalue weighted by Crippen LogP contribution is -2.10. The SMILES string of the molecule is O=C(CSc1ccccc1[N+](=O)[O-])Oc1ccc(-c2ccccc2)cc1. The number of esters is 1. The minimum atomic E-state index is -0.462. The Morgan fingerprint density at radius 3 is 2.19 bits per heavy atom. The largest absolute Gasteiger partial charge is 0.426 e. The van der Waals surface area contributed by atoms with Crippen LogP contribution in [0.5, 0.6) is 5.75 Å². The summed E-state index contributed by atoms with van der Waals surface area (Å²) in [7, 11) is 0. The predicted molar refractivity (Wildman–Crippen MR) is 101 cm³/mol. The van der Waals surface area contributed by atoms with Crippen molar-refractivity contribution in [3.63, 3.8) is 0 Å². The van der Waals surface area contributed by atoms with E-state index in [-0.39, 0.29) is 11.4 Å². The first-order chi connectivity index (χ1) is 12.6. The number of carbonyl (C=O) groups is 1. The zero-order valence-corrected chi connectivity index (χ0v) is 14.5. The normalized spacial score (nSPS) is 10.3. The van der Waals surface area contributed by atoms with Crippen molar-refractivity contribution in [2.45, 2.75) is 4.90 Å². The van der Waals surface area contributed by atoms with Crippen molar-refractivity contribution in [3.05, 3.63) is 89.0 Å². The van der Waals surface area contributed by atoms with E-state index in [1.165, 1.54) is 6.07 Å². The minimum absolute atomic E-state index is 0.00864. The first-order valence-corrected chi connectivity index (χ1v) is 8.84. The van der Waals surface area contributed by atoms with Gasteiger partial charge >= 0.3 is 5.97 Å². The highest BCUT2D eigenvalue weighted by molar-refractivity contribution is 8.00. The Balaban J connectivity index is 1.60. The standard InChI is InChI=1S/C20H15NO4S/c22-20(14-26-19-9-5-4-8-18(19)21(23)24)25-17-12-10-16(11-13-17)15-6-2-1-3-7-15/h1-13H,14H2. The molecular weight excluding hydrogens is 350 g/mol. The molecule has 0 fully saturated rings. The van der Waals surface area contributed by atoms with Crippen molar-refractivity contribution in [1.82, 2.24) is 0 Å². The molecule has 130 valence electrons. The number of nitrogens with zero attached hydrogens (tertiary/aromatic N) is 1. The third-order valence-electron chi connectivity index (χ3n) is 3.60. The topological polar surface area (TPSA) is 69.4 Å². The highest BCUT2D eigenvalue weighted by atomic mass is 32.2. The van der Waals surface area contributed by atoms with E-state index in [1.807, 2.05) is 42.5 Å². The summed E-state index contributed by atoms with van der Waals surface area (Å²) in [6.07, 6.45) is 0. The number of ether oxygens (including phenoxy) is 1. The van der Waals surface area contributed by atoms with E-state index in [0.717, 1.165) is 22.9 Å². The number of para-hydroxylation sites is 1. The summed E-state index contributed by atoms with van der Waals surface area (Å²) in [5.41, 5.74) is 2.09. The zero-order chi connectivity index (χ0) is 18.4. The molecule has 0 saturated heterocycles. The Hall–Kier alpha value is -3.12. The fraction of sp³-hybridized carbons (Fsp3) is 0.0500. The van der Waals surface area contributed by atoms with Crippen LogP contribution >= 0.6 is 11.8 Å². The Morgan fingerprint density at radius 2 is 1.50 bits per heavy atom. The van der Waals surface area contributed by atoms with Gasteiger partial charge < -0.3 is 4.74 Å². The monoisotopic (exact) mass is 365 g/mol. The van der Waals surface area contributed by atoms with E-state index >= 15 is 0 Å². The molecule has 0 atom stereocenters. The lowest BCUT2D eigenvalue weighted by molar-refractivity contribution is -0.387. The molecular formula is C20H15NO4S. The van der Waals surface area contributed by atoms with Crippen LogP contribution in [0.3, 0.4) is 0 Å². The van der Waals surface area contributed by atoms with Gasteiger partial charge in [-0.05, 0) is 29.3 Å². The first-order valence-electron chi connectivity index (χ1n) is 7.86. The number of nitro benzene ring substituents is 1. The lowest BCUT2D eigenvalue weighted by Gasteiger charge is -2.06. The molecule has 6 heteroatoms. The van der Waals surface area contributed by atoms with Gasteiger partial charge in [0.15, 0.2) is 0 Å². The molecule has 26 heavy (non-hydrogen) atoms. The van der Waals surface area contributed by atoms with Crippen LogP contribution in [0, 0.1) is 10.1 Å². The van der Waals surface area contributed by atoms with Gasteiger partial charge in [0.1, 0.15) is 5.75 Å². The average molecular weight is 365 g/mol. The van der Waals surface area contributed by atoms with E-state index in [2.05, 4.69) is 0 Å². The van der Waals surface area contributed by atoms with Gasteiger partial charge in [-0.1, -0.05) is 54.6 Å². The summed E-state index contributed by atoms with van der Waals surface area (Å²) in [4.78, 5) is 23.0. The summed E-state index contributed by atoms with van der Waals surface area (Å²) in [5, 5.41) is 11.0. The number of hydrogen-bond acceptors (Lipinski definition) is 5. The molecule has 0 spiro atoms. The smallest absolute Gasteiger partial charge is 0.321 e. The summed E-state index contributed by atoms with van der Waals surface area (Å²) >= 11 is 1.09. The molecule has 0 N–H and O–H groups in total. The van der Waals surface area contributed by atoms with Crippen molar-refractivity contribution in [3.8, 4) is 16.9 Å². The van der Waals surface area contributed by atoms with Crippen LogP contribution < -0.4 is 4.74 Å². The van der Waals surface area contributed by atoms with Crippen LogP contribution in [-0.2, 0) is 4.79 Å². The second-order valence-electron chi connectivity index (χ2n) is 5.38. The molecule has 0 amide bonds. The molecule has 0 saturated carbocycles. The molecule has 0 heterocycles. The molecule has 0 aliphatic heterocycles. The van der Waals surface area contributed by atoms with Gasteiger partial charge in [-0.15, -0.1) is 11.8 Å². The summed E-state index contributed by atoms with van der Waals surface area (Å²) in [6.45, 7) is 0. The highest BCUT2D eigenvalue weighted by Gasteiger charge is 2.15. The minimum Gasteiger partial charge on any atom is -0.426 e. The Kier molecular flexibility index (Phi) is 5.66. The Labute approximate surface area is 154 Å². The second-order valence-corrected chi connectivity index (χ2v) is 6.40. The number of benzene rings is 3. The number of hydrogen-bond donors (Lipinski definition) is 0. The lowest BCUT2D eigenvalue weighted by atomic mass is 10.1. The second kappa shape index (κ2) is 8.31. The fourth-order valence-electron chi connectivity index (χ4n) is 2.37. The maximum atomic E-state index is 12.0. The molecule has 5 nitrogen and oxygen atoms in total. The van der Waals surface area contributed by atoms with Gasteiger partial charge in [-0.2, -0.15) is 0 Å². The molecule has 0 bridgehead atoms. The molecule has 0 aliphatic carbocycles. The third kappa shape index (κ3) is 4.49. The number of rotatable bonds is 6. The molecule has 3 rings (SSSR count). The van der Waals surface area contributed by atoms with Gasteiger partial charge in [0.05, 0.1) is 15.6 Å². The molecule has 3 aromatic rings. The van der Waals surface area contributed by atoms with Gasteiger partial charge in [-0.25, -0.2) is 0 Å². The molecule has 0 unspecified atom stereocenters. The Morgan fingerprint density at radius 1 is 0.885 bits per heavy atom. The van der Waals surface area contributed by atoms with E-state index < -0.39 is 10.9 Å². The number of nitro groups is 1. The van der Waals surface area contributed by atoms with Crippen LogP contribution in [0.4, 0.5) is 5.69 Å². The summed E-state index contributed by atoms with van der Waals surface area (Å²) in [6, 6.07) is 23.4. The van der Waals surface area contributed by atoms with Crippen LogP contribution in [0.15, 0.2) is 83.8 Å². The van der Waals surface area contributed by atoms with E-state index in [9.17, 15) is 14.9 Å². The highest BCUT2D eigenvalue weighted by Crippen LogP contribution is 2.29. The van der Waals surface area contributed by atoms with E-state index in [1.54, 1.807) is 30.3 Å². The van der Waals surface area contributed by atoms with Crippen LogP contribution in [-0.4, -0.2) is 16.6 Å². The molecule has 0 aliphatic rings. The third-order valence-corrected chi connectivity index (χ3v) is 4.64. The Bertz CT molecular complexity index is 911. The quantitative estimate of drug-likeness (QED) is 0.203. The maximum Gasteiger partial charge on any atom is 0.321 e. The van der Waals surface area contributed by atoms with Gasteiger partial charge in [-0.3, -0.25) is 14.9 Å². The van der Waals surface area contributed by atoms with Crippen molar-refractivity contribution in [1.29, 1.82) is 0 Å². The van der Waals surface area contributed by atoms with Crippen LogP contribution in [0.2, 0.25) is 0 Å². The fourth-order valence-corrected chi connectivity index (χ4v) is 3.17.